The van der Waals surface area contributed by atoms with E-state index in [1.54, 1.807) is 0 Å². The van der Waals surface area contributed by atoms with Crippen LogP contribution in [0.15, 0.2) is 91.0 Å². The quantitative estimate of drug-likeness (QED) is 0.226. The zero-order valence-corrected chi connectivity index (χ0v) is 26.9. The fourth-order valence-electron chi connectivity index (χ4n) is 6.99. The van der Waals surface area contributed by atoms with Crippen molar-refractivity contribution in [2.24, 2.45) is 0 Å². The van der Waals surface area contributed by atoms with Crippen molar-refractivity contribution < 1.29 is 14.6 Å². The number of aryl methyl sites for hydroxylation is 4. The van der Waals surface area contributed by atoms with Crippen LogP contribution in [-0.2, 0) is 16.4 Å². The number of aliphatic hydroxyl groups is 1. The smallest absolute Gasteiger partial charge is 0.147 e. The van der Waals surface area contributed by atoms with Crippen LogP contribution in [0.1, 0.15) is 88.9 Å². The molecule has 0 saturated heterocycles. The van der Waals surface area contributed by atoms with Crippen molar-refractivity contribution in [3.8, 4) is 23.0 Å². The van der Waals surface area contributed by atoms with Gasteiger partial charge in [0.1, 0.15) is 28.6 Å². The zero-order chi connectivity index (χ0) is 31.2. The van der Waals surface area contributed by atoms with E-state index in [0.717, 1.165) is 61.6 Å². The average molecular weight is 581 g/mol. The highest BCUT2D eigenvalue weighted by Gasteiger charge is 2.46. The SMILES string of the molecule is Cc1ccc2c(c1)C(C)(c1cc(C(C)(C)C)cc(C3(O)c4cc(C)ccc4Oc4ccc(C)cc43)c1)c1cc(C)ccc1O2. The third-order valence-corrected chi connectivity index (χ3v) is 9.63. The van der Waals surface area contributed by atoms with Crippen LogP contribution in [0.3, 0.4) is 0 Å². The van der Waals surface area contributed by atoms with Crippen molar-refractivity contribution in [1.82, 2.24) is 0 Å². The second-order valence-electron chi connectivity index (χ2n) is 14.1. The second-order valence-corrected chi connectivity index (χ2v) is 14.1. The van der Waals surface area contributed by atoms with Gasteiger partial charge in [-0.2, -0.15) is 0 Å². The van der Waals surface area contributed by atoms with Gasteiger partial charge in [-0.3, -0.25) is 0 Å². The Morgan fingerprint density at radius 2 is 0.864 bits per heavy atom. The summed E-state index contributed by atoms with van der Waals surface area (Å²) in [6.45, 7) is 17.4. The molecule has 3 nitrogen and oxygen atoms in total. The van der Waals surface area contributed by atoms with Crippen LogP contribution in [0.25, 0.3) is 0 Å². The molecule has 0 saturated carbocycles. The number of hydrogen-bond donors (Lipinski definition) is 1. The Kier molecular flexibility index (Phi) is 6.19. The van der Waals surface area contributed by atoms with Crippen LogP contribution in [0.4, 0.5) is 0 Å². The highest BCUT2D eigenvalue weighted by molar-refractivity contribution is 5.67. The minimum atomic E-state index is -1.43. The third kappa shape index (κ3) is 4.21. The summed E-state index contributed by atoms with van der Waals surface area (Å²) in [5.41, 5.74) is 9.23. The van der Waals surface area contributed by atoms with E-state index in [0.29, 0.717) is 11.5 Å². The molecule has 5 aromatic carbocycles. The normalized spacial score (nSPS) is 15.7. The molecule has 1 N–H and O–H groups in total. The van der Waals surface area contributed by atoms with Crippen LogP contribution < -0.4 is 9.47 Å². The lowest BCUT2D eigenvalue weighted by Gasteiger charge is -2.41. The highest BCUT2D eigenvalue weighted by atomic mass is 16.5. The summed E-state index contributed by atoms with van der Waals surface area (Å²) in [7, 11) is 0. The van der Waals surface area contributed by atoms with Gasteiger partial charge in [0.25, 0.3) is 0 Å². The van der Waals surface area contributed by atoms with Gasteiger partial charge in [0, 0.05) is 27.7 Å². The first-order chi connectivity index (χ1) is 20.8. The van der Waals surface area contributed by atoms with Gasteiger partial charge >= 0.3 is 0 Å². The molecule has 0 aromatic heterocycles. The maximum Gasteiger partial charge on any atom is 0.147 e. The van der Waals surface area contributed by atoms with Crippen molar-refractivity contribution in [2.75, 3.05) is 0 Å². The fraction of sp³-hybridized carbons (Fsp3) is 0.268. The fourth-order valence-corrected chi connectivity index (χ4v) is 6.99. The van der Waals surface area contributed by atoms with Crippen molar-refractivity contribution in [1.29, 1.82) is 0 Å². The summed E-state index contributed by atoms with van der Waals surface area (Å²) >= 11 is 0. The Labute approximate surface area is 261 Å². The van der Waals surface area contributed by atoms with Gasteiger partial charge in [-0.05, 0) is 93.1 Å². The molecule has 5 aromatic rings. The van der Waals surface area contributed by atoms with E-state index >= 15 is 0 Å². The Morgan fingerprint density at radius 1 is 0.500 bits per heavy atom. The van der Waals surface area contributed by atoms with E-state index < -0.39 is 11.0 Å². The molecule has 2 heterocycles. The number of benzene rings is 5. The minimum absolute atomic E-state index is 0.177. The molecule has 3 heteroatoms. The number of fused-ring (bicyclic) bond motifs is 4. The summed E-state index contributed by atoms with van der Waals surface area (Å²) in [4.78, 5) is 0. The van der Waals surface area contributed by atoms with Crippen molar-refractivity contribution in [2.45, 2.75) is 71.8 Å². The summed E-state index contributed by atoms with van der Waals surface area (Å²) in [5.74, 6) is 3.08. The lowest BCUT2D eigenvalue weighted by molar-refractivity contribution is 0.112. The molecule has 2 aliphatic heterocycles. The molecule has 222 valence electrons. The van der Waals surface area contributed by atoms with E-state index in [2.05, 4.69) is 122 Å². The van der Waals surface area contributed by atoms with Crippen LogP contribution >= 0.6 is 0 Å². The molecule has 44 heavy (non-hydrogen) atoms. The van der Waals surface area contributed by atoms with Gasteiger partial charge in [-0.15, -0.1) is 0 Å². The summed E-state index contributed by atoms with van der Waals surface area (Å²) in [6, 6.07) is 31.8. The molecule has 7 rings (SSSR count). The van der Waals surface area contributed by atoms with Crippen molar-refractivity contribution in [3.63, 3.8) is 0 Å². The van der Waals surface area contributed by atoms with E-state index in [9.17, 15) is 5.11 Å². The van der Waals surface area contributed by atoms with Crippen LogP contribution in [0.2, 0.25) is 0 Å². The van der Waals surface area contributed by atoms with Crippen LogP contribution in [-0.4, -0.2) is 5.11 Å². The van der Waals surface area contributed by atoms with Gasteiger partial charge in [0.2, 0.25) is 0 Å². The molecular weight excluding hydrogens is 540 g/mol. The van der Waals surface area contributed by atoms with E-state index in [1.165, 1.54) is 11.1 Å². The Morgan fingerprint density at radius 3 is 1.27 bits per heavy atom. The molecule has 0 bridgehead atoms. The minimum Gasteiger partial charge on any atom is -0.457 e. The van der Waals surface area contributed by atoms with Gasteiger partial charge < -0.3 is 14.6 Å². The molecule has 0 unspecified atom stereocenters. The molecule has 0 fully saturated rings. The highest BCUT2D eigenvalue weighted by Crippen LogP contribution is 2.55. The van der Waals surface area contributed by atoms with E-state index in [1.807, 2.05) is 24.3 Å². The number of ether oxygens (including phenoxy) is 2. The standard InChI is InChI=1S/C41H40O3/c1-24-9-13-35-31(17-24)40(8,32-18-25(2)10-14-36(32)43-35)29-21-28(39(5,6)7)22-30(23-29)41(42)33-19-26(3)11-15-37(33)44-38-16-12-27(4)20-34(38)41/h9-23,42H,1-8H3. The maximum absolute atomic E-state index is 13.3. The van der Waals surface area contributed by atoms with Gasteiger partial charge in [0.05, 0.1) is 0 Å². The van der Waals surface area contributed by atoms with Crippen molar-refractivity contribution in [3.05, 3.63) is 152 Å². The first kappa shape index (κ1) is 28.4. The van der Waals surface area contributed by atoms with Crippen LogP contribution in [0, 0.1) is 27.7 Å². The summed E-state index contributed by atoms with van der Waals surface area (Å²) < 4.78 is 12.9. The lowest BCUT2D eigenvalue weighted by atomic mass is 9.66. The predicted molar refractivity (Wildman–Crippen MR) is 178 cm³/mol. The molecule has 0 aliphatic carbocycles. The Balaban J connectivity index is 1.59. The van der Waals surface area contributed by atoms with E-state index in [4.69, 9.17) is 9.47 Å². The average Bonchev–Trinajstić information content (AvgIpc) is 2.98. The summed E-state index contributed by atoms with van der Waals surface area (Å²) in [6.07, 6.45) is 0. The zero-order valence-electron chi connectivity index (χ0n) is 26.9. The first-order valence-corrected chi connectivity index (χ1v) is 15.5. The summed E-state index contributed by atoms with van der Waals surface area (Å²) in [5, 5.41) is 13.3. The largest absolute Gasteiger partial charge is 0.457 e. The first-order valence-electron chi connectivity index (χ1n) is 15.5. The van der Waals surface area contributed by atoms with Gasteiger partial charge in [-0.25, -0.2) is 0 Å². The molecular formula is C41H40O3. The lowest BCUT2D eigenvalue weighted by Crippen LogP contribution is -2.35. The van der Waals surface area contributed by atoms with Crippen molar-refractivity contribution >= 4 is 0 Å². The molecule has 0 radical (unpaired) electrons. The Bertz CT molecular complexity index is 1740. The molecule has 0 atom stereocenters. The number of hydrogen-bond acceptors (Lipinski definition) is 3. The molecule has 0 amide bonds. The predicted octanol–water partition coefficient (Wildman–Crippen LogP) is 10.1. The number of rotatable bonds is 2. The molecule has 2 aliphatic rings. The monoisotopic (exact) mass is 580 g/mol. The maximum atomic E-state index is 13.3. The third-order valence-electron chi connectivity index (χ3n) is 9.63. The molecule has 0 spiro atoms. The van der Waals surface area contributed by atoms with Gasteiger partial charge in [-0.1, -0.05) is 97.6 Å². The van der Waals surface area contributed by atoms with Gasteiger partial charge in [0.15, 0.2) is 0 Å². The van der Waals surface area contributed by atoms with E-state index in [-0.39, 0.29) is 5.41 Å². The second kappa shape index (κ2) is 9.58. The Hall–Kier alpha value is -4.34. The van der Waals surface area contributed by atoms with Crippen LogP contribution in [0.5, 0.6) is 23.0 Å². The topological polar surface area (TPSA) is 38.7 Å².